The number of hydrogen-bond acceptors (Lipinski definition) is 3. The number of benzene rings is 2. The Balaban J connectivity index is 2.25. The molecule has 100 valence electrons. The number of hydrogen-bond donors (Lipinski definition) is 1. The Morgan fingerprint density at radius 3 is 2.37 bits per heavy atom. The molecule has 0 heterocycles. The number of aryl methyl sites for hydroxylation is 1. The van der Waals surface area contributed by atoms with Gasteiger partial charge in [0.1, 0.15) is 11.4 Å². The maximum Gasteiger partial charge on any atom is 0.152 e. The summed E-state index contributed by atoms with van der Waals surface area (Å²) in [6.45, 7) is 2.16. The van der Waals surface area contributed by atoms with E-state index in [-0.39, 0.29) is 0 Å². The molecular formula is C16H19NO2. The van der Waals surface area contributed by atoms with Gasteiger partial charge in [-0.25, -0.2) is 0 Å². The first-order chi connectivity index (χ1) is 9.35. The average Bonchev–Trinajstić information content (AvgIpc) is 2.44. The van der Waals surface area contributed by atoms with Crippen LogP contribution >= 0.6 is 0 Å². The van der Waals surface area contributed by atoms with Crippen molar-refractivity contribution in [3.8, 4) is 11.5 Å². The Morgan fingerprint density at radius 2 is 1.63 bits per heavy atom. The zero-order chi connectivity index (χ0) is 13.5. The van der Waals surface area contributed by atoms with Crippen LogP contribution in [0.25, 0.3) is 0 Å². The van der Waals surface area contributed by atoms with Gasteiger partial charge in [0.2, 0.25) is 0 Å². The number of anilines is 1. The fourth-order valence-electron chi connectivity index (χ4n) is 1.95. The standard InChI is InChI=1S/C16H19NO2/c1-3-8-13-9-4-6-11-15(13)19-16-12-7-5-10-14(16)17-18-2/h4-7,9-12,17H,3,8H2,1-2H3. The van der Waals surface area contributed by atoms with Gasteiger partial charge in [-0.3, -0.25) is 10.3 Å². The van der Waals surface area contributed by atoms with E-state index < -0.39 is 0 Å². The van der Waals surface area contributed by atoms with Crippen molar-refractivity contribution in [3.63, 3.8) is 0 Å². The molecule has 3 nitrogen and oxygen atoms in total. The SMILES string of the molecule is CCCc1ccccc1Oc1ccccc1NOC. The van der Waals surface area contributed by atoms with Gasteiger partial charge in [-0.1, -0.05) is 43.7 Å². The Labute approximate surface area is 114 Å². The molecule has 0 aromatic heterocycles. The molecule has 2 rings (SSSR count). The molecule has 0 aliphatic carbocycles. The quantitative estimate of drug-likeness (QED) is 0.778. The summed E-state index contributed by atoms with van der Waals surface area (Å²) >= 11 is 0. The molecule has 1 N–H and O–H groups in total. The molecule has 2 aromatic carbocycles. The van der Waals surface area contributed by atoms with E-state index in [9.17, 15) is 0 Å². The molecule has 0 unspecified atom stereocenters. The Kier molecular flexibility index (Phi) is 4.81. The van der Waals surface area contributed by atoms with Crippen LogP contribution in [-0.2, 0) is 11.3 Å². The van der Waals surface area contributed by atoms with E-state index in [1.165, 1.54) is 5.56 Å². The lowest BCUT2D eigenvalue weighted by Gasteiger charge is -2.14. The molecule has 3 heteroatoms. The van der Waals surface area contributed by atoms with Crippen LogP contribution in [0.4, 0.5) is 5.69 Å². The van der Waals surface area contributed by atoms with E-state index in [0.717, 1.165) is 30.0 Å². The van der Waals surface area contributed by atoms with Gasteiger partial charge in [0.05, 0.1) is 7.11 Å². The van der Waals surface area contributed by atoms with Gasteiger partial charge >= 0.3 is 0 Å². The molecular weight excluding hydrogens is 238 g/mol. The van der Waals surface area contributed by atoms with Crippen molar-refractivity contribution in [3.05, 3.63) is 54.1 Å². The minimum atomic E-state index is 0.757. The molecule has 0 radical (unpaired) electrons. The molecule has 0 aliphatic heterocycles. The highest BCUT2D eigenvalue weighted by atomic mass is 16.6. The molecule has 0 amide bonds. The van der Waals surface area contributed by atoms with Gasteiger partial charge in [0, 0.05) is 0 Å². The van der Waals surface area contributed by atoms with Crippen molar-refractivity contribution in [2.75, 3.05) is 12.6 Å². The summed E-state index contributed by atoms with van der Waals surface area (Å²) < 4.78 is 6.00. The van der Waals surface area contributed by atoms with E-state index in [4.69, 9.17) is 9.57 Å². The number of rotatable bonds is 6. The average molecular weight is 257 g/mol. The first-order valence-corrected chi connectivity index (χ1v) is 6.49. The first kappa shape index (κ1) is 13.4. The van der Waals surface area contributed by atoms with Crippen LogP contribution in [0.15, 0.2) is 48.5 Å². The smallest absolute Gasteiger partial charge is 0.152 e. The van der Waals surface area contributed by atoms with Crippen molar-refractivity contribution in [1.82, 2.24) is 0 Å². The minimum Gasteiger partial charge on any atom is -0.455 e. The highest BCUT2D eigenvalue weighted by Crippen LogP contribution is 2.31. The monoisotopic (exact) mass is 257 g/mol. The maximum absolute atomic E-state index is 6.00. The first-order valence-electron chi connectivity index (χ1n) is 6.49. The van der Waals surface area contributed by atoms with E-state index in [2.05, 4.69) is 18.5 Å². The fourth-order valence-corrected chi connectivity index (χ4v) is 1.95. The van der Waals surface area contributed by atoms with E-state index in [1.54, 1.807) is 7.11 Å². The second-order valence-electron chi connectivity index (χ2n) is 4.26. The second-order valence-corrected chi connectivity index (χ2v) is 4.26. The van der Waals surface area contributed by atoms with Gasteiger partial charge in [-0.15, -0.1) is 0 Å². The summed E-state index contributed by atoms with van der Waals surface area (Å²) in [7, 11) is 1.59. The lowest BCUT2D eigenvalue weighted by Crippen LogP contribution is -1.99. The third-order valence-corrected chi connectivity index (χ3v) is 2.81. The maximum atomic E-state index is 6.00. The Bertz CT molecular complexity index is 478. The Hall–Kier alpha value is -2.00. The van der Waals surface area contributed by atoms with Crippen LogP contribution < -0.4 is 10.2 Å². The van der Waals surface area contributed by atoms with Gasteiger partial charge in [0.25, 0.3) is 0 Å². The summed E-state index contributed by atoms with van der Waals surface area (Å²) in [5.41, 5.74) is 4.86. The van der Waals surface area contributed by atoms with E-state index >= 15 is 0 Å². The molecule has 0 bridgehead atoms. The van der Waals surface area contributed by atoms with Crippen LogP contribution in [0.2, 0.25) is 0 Å². The second kappa shape index (κ2) is 6.81. The van der Waals surface area contributed by atoms with Gasteiger partial charge in [-0.2, -0.15) is 0 Å². The molecule has 0 aliphatic rings. The topological polar surface area (TPSA) is 30.5 Å². The van der Waals surface area contributed by atoms with Crippen molar-refractivity contribution in [2.24, 2.45) is 0 Å². The third kappa shape index (κ3) is 3.48. The molecule has 0 saturated carbocycles. The zero-order valence-electron chi connectivity index (χ0n) is 11.3. The van der Waals surface area contributed by atoms with Gasteiger partial charge in [-0.05, 0) is 30.2 Å². The minimum absolute atomic E-state index is 0.757. The predicted molar refractivity (Wildman–Crippen MR) is 77.6 cm³/mol. The number of nitrogens with one attached hydrogen (secondary N) is 1. The largest absolute Gasteiger partial charge is 0.455 e. The van der Waals surface area contributed by atoms with Crippen molar-refractivity contribution in [2.45, 2.75) is 19.8 Å². The van der Waals surface area contributed by atoms with Crippen molar-refractivity contribution in [1.29, 1.82) is 0 Å². The van der Waals surface area contributed by atoms with Crippen molar-refractivity contribution < 1.29 is 9.57 Å². The number of para-hydroxylation sites is 3. The Morgan fingerprint density at radius 1 is 0.947 bits per heavy atom. The molecule has 0 spiro atoms. The van der Waals surface area contributed by atoms with Crippen LogP contribution in [-0.4, -0.2) is 7.11 Å². The van der Waals surface area contributed by atoms with Crippen LogP contribution in [0.5, 0.6) is 11.5 Å². The number of ether oxygens (including phenoxy) is 1. The molecule has 0 saturated heterocycles. The van der Waals surface area contributed by atoms with Crippen LogP contribution in [0.3, 0.4) is 0 Å². The molecule has 0 fully saturated rings. The summed E-state index contributed by atoms with van der Waals surface area (Å²) in [6.07, 6.45) is 2.11. The predicted octanol–water partition coefficient (Wildman–Crippen LogP) is 4.40. The van der Waals surface area contributed by atoms with Crippen LogP contribution in [0, 0.1) is 0 Å². The fraction of sp³-hybridized carbons (Fsp3) is 0.250. The van der Waals surface area contributed by atoms with E-state index in [0.29, 0.717) is 0 Å². The molecule has 0 atom stereocenters. The third-order valence-electron chi connectivity index (χ3n) is 2.81. The lowest BCUT2D eigenvalue weighted by atomic mass is 10.1. The van der Waals surface area contributed by atoms with Crippen LogP contribution in [0.1, 0.15) is 18.9 Å². The highest BCUT2D eigenvalue weighted by molar-refractivity contribution is 5.56. The highest BCUT2D eigenvalue weighted by Gasteiger charge is 2.07. The lowest BCUT2D eigenvalue weighted by molar-refractivity contribution is 0.269. The van der Waals surface area contributed by atoms with E-state index in [1.807, 2.05) is 42.5 Å². The summed E-state index contributed by atoms with van der Waals surface area (Å²) in [4.78, 5) is 4.95. The summed E-state index contributed by atoms with van der Waals surface area (Å²) in [5.74, 6) is 1.66. The van der Waals surface area contributed by atoms with Crippen molar-refractivity contribution >= 4 is 5.69 Å². The molecule has 2 aromatic rings. The van der Waals surface area contributed by atoms with Gasteiger partial charge < -0.3 is 4.74 Å². The molecule has 19 heavy (non-hydrogen) atoms. The normalized spacial score (nSPS) is 10.2. The zero-order valence-corrected chi connectivity index (χ0v) is 11.3. The van der Waals surface area contributed by atoms with Gasteiger partial charge in [0.15, 0.2) is 5.75 Å². The summed E-state index contributed by atoms with van der Waals surface area (Å²) in [6, 6.07) is 15.8. The summed E-state index contributed by atoms with van der Waals surface area (Å²) in [5, 5.41) is 0.